The van der Waals surface area contributed by atoms with Gasteiger partial charge in [0.25, 0.3) is 0 Å². The molecule has 0 amide bonds. The van der Waals surface area contributed by atoms with Crippen molar-refractivity contribution >= 4 is 12.4 Å². The highest BCUT2D eigenvalue weighted by molar-refractivity contribution is 5.84. The number of rotatable bonds is 4. The Labute approximate surface area is 99.3 Å². The summed E-state index contributed by atoms with van der Waals surface area (Å²) in [6.07, 6.45) is 4.77. The van der Waals surface area contributed by atoms with Crippen LogP contribution in [0.2, 0.25) is 0 Å². The molecule has 2 rings (SSSR count). The molecule has 0 spiro atoms. The summed E-state index contributed by atoms with van der Waals surface area (Å²) in [5.74, 6) is 1.44. The van der Waals surface area contributed by atoms with Crippen LogP contribution in [0.5, 0.6) is 5.75 Å². The van der Waals surface area contributed by atoms with E-state index < -0.39 is 0 Å². The molecule has 2 aromatic rings. The summed E-state index contributed by atoms with van der Waals surface area (Å²) in [7, 11) is 1.62. The van der Waals surface area contributed by atoms with E-state index >= 15 is 0 Å². The number of furan rings is 1. The van der Waals surface area contributed by atoms with Crippen molar-refractivity contribution < 1.29 is 9.15 Å². The minimum atomic E-state index is 0.669. The predicted octanol–water partition coefficient (Wildman–Crippen LogP) is 2.74. The average Bonchev–Trinajstić information content (AvgIpc) is 2.88. The average molecular weight is 228 g/mol. The van der Waals surface area contributed by atoms with E-state index in [4.69, 9.17) is 9.15 Å². The summed E-state index contributed by atoms with van der Waals surface area (Å²) in [5.41, 5.74) is 0.881. The Morgan fingerprint density at radius 1 is 1.06 bits per heavy atom. The van der Waals surface area contributed by atoms with Crippen LogP contribution >= 0.6 is 0 Å². The van der Waals surface area contributed by atoms with Crippen LogP contribution in [0, 0.1) is 0 Å². The van der Waals surface area contributed by atoms with E-state index in [-0.39, 0.29) is 0 Å². The molecule has 1 aromatic heterocycles. The van der Waals surface area contributed by atoms with Gasteiger partial charge in [0.2, 0.25) is 0 Å². The lowest BCUT2D eigenvalue weighted by molar-refractivity contribution is 0.414. The molecule has 0 fully saturated rings. The number of nitrogens with zero attached hydrogens (tertiary/aromatic N) is 2. The molecule has 0 saturated carbocycles. The molecule has 0 saturated heterocycles. The zero-order chi connectivity index (χ0) is 11.9. The third kappa shape index (κ3) is 3.04. The molecule has 0 atom stereocenters. The maximum absolute atomic E-state index is 5.19. The van der Waals surface area contributed by atoms with E-state index in [9.17, 15) is 0 Å². The molecule has 17 heavy (non-hydrogen) atoms. The predicted molar refractivity (Wildman–Crippen MR) is 66.9 cm³/mol. The second-order valence-electron chi connectivity index (χ2n) is 3.25. The Morgan fingerprint density at radius 3 is 2.65 bits per heavy atom. The van der Waals surface area contributed by atoms with E-state index in [1.807, 2.05) is 30.3 Å². The van der Waals surface area contributed by atoms with Gasteiger partial charge in [-0.2, -0.15) is 10.2 Å². The van der Waals surface area contributed by atoms with Gasteiger partial charge in [0.15, 0.2) is 0 Å². The SMILES string of the molecule is COc1ccccc1C=N/N=C/c1ccco1. The molecule has 1 heterocycles. The first-order chi connectivity index (χ1) is 8.40. The van der Waals surface area contributed by atoms with Crippen molar-refractivity contribution in [2.24, 2.45) is 10.2 Å². The van der Waals surface area contributed by atoms with E-state index in [0.717, 1.165) is 11.3 Å². The molecule has 0 aliphatic rings. The molecule has 0 unspecified atom stereocenters. The number of hydrogen-bond acceptors (Lipinski definition) is 4. The Morgan fingerprint density at radius 2 is 1.88 bits per heavy atom. The third-order valence-electron chi connectivity index (χ3n) is 2.13. The van der Waals surface area contributed by atoms with Crippen LogP contribution in [0.25, 0.3) is 0 Å². The third-order valence-corrected chi connectivity index (χ3v) is 2.13. The zero-order valence-electron chi connectivity index (χ0n) is 9.41. The fourth-order valence-corrected chi connectivity index (χ4v) is 1.32. The summed E-state index contributed by atoms with van der Waals surface area (Å²) in [4.78, 5) is 0. The first-order valence-electron chi connectivity index (χ1n) is 5.13. The molecule has 0 bridgehead atoms. The second kappa shape index (κ2) is 5.65. The van der Waals surface area contributed by atoms with Gasteiger partial charge in [-0.15, -0.1) is 0 Å². The van der Waals surface area contributed by atoms with Crippen LogP contribution in [0.4, 0.5) is 0 Å². The first-order valence-corrected chi connectivity index (χ1v) is 5.13. The van der Waals surface area contributed by atoms with Crippen molar-refractivity contribution in [3.63, 3.8) is 0 Å². The smallest absolute Gasteiger partial charge is 0.146 e. The molecule has 0 radical (unpaired) electrons. The molecule has 4 heteroatoms. The highest BCUT2D eigenvalue weighted by atomic mass is 16.5. The van der Waals surface area contributed by atoms with Crippen LogP contribution in [0.15, 0.2) is 57.3 Å². The second-order valence-corrected chi connectivity index (χ2v) is 3.25. The number of hydrogen-bond donors (Lipinski definition) is 0. The topological polar surface area (TPSA) is 47.1 Å². The Balaban J connectivity index is 2.05. The quantitative estimate of drug-likeness (QED) is 0.596. The van der Waals surface area contributed by atoms with Gasteiger partial charge < -0.3 is 9.15 Å². The van der Waals surface area contributed by atoms with Crippen molar-refractivity contribution in [3.8, 4) is 5.75 Å². The van der Waals surface area contributed by atoms with Crippen molar-refractivity contribution in [2.45, 2.75) is 0 Å². The van der Waals surface area contributed by atoms with Crippen molar-refractivity contribution in [2.75, 3.05) is 7.11 Å². The number of methoxy groups -OCH3 is 1. The van der Waals surface area contributed by atoms with Crippen LogP contribution in [0.3, 0.4) is 0 Å². The van der Waals surface area contributed by atoms with Gasteiger partial charge in [-0.05, 0) is 24.3 Å². The minimum Gasteiger partial charge on any atom is -0.496 e. The number of ether oxygens (including phenoxy) is 1. The molecular weight excluding hydrogens is 216 g/mol. The summed E-state index contributed by atoms with van der Waals surface area (Å²) in [6.45, 7) is 0. The maximum atomic E-state index is 5.19. The monoisotopic (exact) mass is 228 g/mol. The molecular formula is C13H12N2O2. The van der Waals surface area contributed by atoms with Crippen LogP contribution in [-0.4, -0.2) is 19.5 Å². The van der Waals surface area contributed by atoms with Crippen LogP contribution in [0.1, 0.15) is 11.3 Å². The van der Waals surface area contributed by atoms with Gasteiger partial charge in [-0.3, -0.25) is 0 Å². The first kappa shape index (κ1) is 11.1. The standard InChI is InChI=1S/C13H12N2O2/c1-16-13-7-3-2-5-11(13)9-14-15-10-12-6-4-8-17-12/h2-10H,1H3/b14-9?,15-10+. The molecule has 1 aromatic carbocycles. The van der Waals surface area contributed by atoms with E-state index in [1.54, 1.807) is 31.9 Å². The van der Waals surface area contributed by atoms with Crippen LogP contribution < -0.4 is 4.74 Å². The normalized spacial score (nSPS) is 11.4. The van der Waals surface area contributed by atoms with Gasteiger partial charge in [0.1, 0.15) is 11.5 Å². The van der Waals surface area contributed by atoms with Gasteiger partial charge in [-0.1, -0.05) is 12.1 Å². The molecule has 0 aliphatic carbocycles. The van der Waals surface area contributed by atoms with Gasteiger partial charge >= 0.3 is 0 Å². The lowest BCUT2D eigenvalue weighted by Gasteiger charge is -2.01. The lowest BCUT2D eigenvalue weighted by atomic mass is 10.2. The Bertz CT molecular complexity index is 516. The summed E-state index contributed by atoms with van der Waals surface area (Å²) in [6, 6.07) is 11.2. The van der Waals surface area contributed by atoms with E-state index in [2.05, 4.69) is 10.2 Å². The fraction of sp³-hybridized carbons (Fsp3) is 0.0769. The molecule has 86 valence electrons. The Kier molecular flexibility index (Phi) is 3.70. The van der Waals surface area contributed by atoms with Crippen molar-refractivity contribution in [1.29, 1.82) is 0 Å². The fourth-order valence-electron chi connectivity index (χ4n) is 1.32. The van der Waals surface area contributed by atoms with Gasteiger partial charge in [0, 0.05) is 5.56 Å². The van der Waals surface area contributed by atoms with Crippen molar-refractivity contribution in [1.82, 2.24) is 0 Å². The largest absolute Gasteiger partial charge is 0.496 e. The van der Waals surface area contributed by atoms with E-state index in [0.29, 0.717) is 5.76 Å². The molecule has 4 nitrogen and oxygen atoms in total. The number of benzene rings is 1. The summed E-state index contributed by atoms with van der Waals surface area (Å²) in [5, 5.41) is 7.81. The summed E-state index contributed by atoms with van der Waals surface area (Å²) >= 11 is 0. The number of para-hydroxylation sites is 1. The minimum absolute atomic E-state index is 0.669. The van der Waals surface area contributed by atoms with Crippen molar-refractivity contribution in [3.05, 3.63) is 54.0 Å². The highest BCUT2D eigenvalue weighted by Crippen LogP contribution is 2.14. The molecule has 0 aliphatic heterocycles. The zero-order valence-corrected chi connectivity index (χ0v) is 9.41. The summed E-state index contributed by atoms with van der Waals surface area (Å²) < 4.78 is 10.3. The van der Waals surface area contributed by atoms with Gasteiger partial charge in [-0.25, -0.2) is 0 Å². The molecule has 0 N–H and O–H groups in total. The van der Waals surface area contributed by atoms with E-state index in [1.165, 1.54) is 0 Å². The maximum Gasteiger partial charge on any atom is 0.146 e. The van der Waals surface area contributed by atoms with Gasteiger partial charge in [0.05, 0.1) is 25.8 Å². The highest BCUT2D eigenvalue weighted by Gasteiger charge is 1.96. The lowest BCUT2D eigenvalue weighted by Crippen LogP contribution is -1.89. The Hall–Kier alpha value is -2.36. The van der Waals surface area contributed by atoms with Crippen LogP contribution in [-0.2, 0) is 0 Å².